The molecular weight excluding hydrogens is 526 g/mol. The summed E-state index contributed by atoms with van der Waals surface area (Å²) < 4.78 is 30.0. The van der Waals surface area contributed by atoms with Gasteiger partial charge in [0.05, 0.1) is 5.66 Å². The molecule has 0 bridgehead atoms. The zero-order chi connectivity index (χ0) is 28.0. The highest BCUT2D eigenvalue weighted by atomic mass is 31.2. The Kier molecular flexibility index (Phi) is 8.70. The van der Waals surface area contributed by atoms with Gasteiger partial charge in [-0.25, -0.2) is 0 Å². The molecule has 4 aromatic carbocycles. The molecule has 4 aromatic rings. The Morgan fingerprint density at radius 3 is 1.15 bits per heavy atom. The second-order valence-electron chi connectivity index (χ2n) is 9.64. The van der Waals surface area contributed by atoms with Crippen molar-refractivity contribution in [2.45, 2.75) is 24.7 Å². The molecule has 3 atom stereocenters. The molecule has 0 fully saturated rings. The first-order chi connectivity index (χ1) is 18.7. The lowest BCUT2D eigenvalue weighted by Gasteiger charge is -2.34. The van der Waals surface area contributed by atoms with Crippen molar-refractivity contribution in [1.29, 1.82) is 0 Å². The number of nitrogens with two attached hydrogens (primary N) is 2. The van der Waals surface area contributed by atoms with Crippen LogP contribution in [0.1, 0.15) is 13.3 Å². The Morgan fingerprint density at radius 1 is 0.564 bits per heavy atom. The van der Waals surface area contributed by atoms with Crippen molar-refractivity contribution in [3.8, 4) is 0 Å². The highest BCUT2D eigenvalue weighted by Crippen LogP contribution is 2.55. The van der Waals surface area contributed by atoms with Gasteiger partial charge in [-0.05, 0) is 12.3 Å². The molecule has 4 rings (SSSR count). The second kappa shape index (κ2) is 12.0. The predicted octanol–water partition coefficient (Wildman–Crippen LogP) is 3.75. The summed E-state index contributed by atoms with van der Waals surface area (Å²) in [5.74, 6) is -2.21. The maximum atomic E-state index is 15.1. The van der Waals surface area contributed by atoms with Crippen LogP contribution in [0.25, 0.3) is 0 Å². The van der Waals surface area contributed by atoms with Gasteiger partial charge in [0.15, 0.2) is 14.3 Å². The smallest absolute Gasteiger partial charge is 0.228 e. The van der Waals surface area contributed by atoms with Gasteiger partial charge in [0, 0.05) is 21.2 Å². The van der Waals surface area contributed by atoms with Crippen LogP contribution in [0.5, 0.6) is 0 Å². The molecule has 0 aliphatic carbocycles. The summed E-state index contributed by atoms with van der Waals surface area (Å²) in [5.41, 5.74) is 9.63. The minimum Gasteiger partial charge on any atom is -0.369 e. The number of amides is 2. The number of carbonyl (C=O) groups is 2. The first-order valence-electron chi connectivity index (χ1n) is 12.7. The van der Waals surface area contributed by atoms with Crippen LogP contribution >= 0.6 is 14.3 Å². The fraction of sp³-hybridized carbons (Fsp3) is 0.161. The highest BCUT2D eigenvalue weighted by molar-refractivity contribution is 7.80. The SMILES string of the molecule is CC(CC(C(N)=O)P(=O)(c1ccccc1)c1ccccc1)C(C(N)=O)P(=O)(c1ccccc1)c1ccccc1. The third-order valence-corrected chi connectivity index (χ3v) is 14.3. The Morgan fingerprint density at radius 2 is 0.872 bits per heavy atom. The van der Waals surface area contributed by atoms with Gasteiger partial charge in [0.1, 0.15) is 5.66 Å². The van der Waals surface area contributed by atoms with Crippen molar-refractivity contribution < 1.29 is 18.7 Å². The summed E-state index contributed by atoms with van der Waals surface area (Å²) in [6.07, 6.45) is -0.0480. The molecule has 3 unspecified atom stereocenters. The van der Waals surface area contributed by atoms with E-state index in [1.807, 2.05) is 0 Å². The number of primary amides is 2. The molecule has 8 heteroatoms. The van der Waals surface area contributed by atoms with Gasteiger partial charge in [-0.15, -0.1) is 0 Å². The van der Waals surface area contributed by atoms with Crippen molar-refractivity contribution in [2.75, 3.05) is 0 Å². The van der Waals surface area contributed by atoms with Gasteiger partial charge in [-0.2, -0.15) is 0 Å². The third kappa shape index (κ3) is 5.54. The summed E-state index contributed by atoms with van der Waals surface area (Å²) in [5, 5.41) is 1.93. The summed E-state index contributed by atoms with van der Waals surface area (Å²) >= 11 is 0. The molecule has 6 nitrogen and oxygen atoms in total. The predicted molar refractivity (Wildman–Crippen MR) is 159 cm³/mol. The van der Waals surface area contributed by atoms with Crippen LogP contribution in [0.15, 0.2) is 121 Å². The zero-order valence-corrected chi connectivity index (χ0v) is 23.5. The van der Waals surface area contributed by atoms with E-state index in [1.54, 1.807) is 128 Å². The first kappa shape index (κ1) is 28.3. The van der Waals surface area contributed by atoms with E-state index in [2.05, 4.69) is 0 Å². The quantitative estimate of drug-likeness (QED) is 0.273. The molecule has 0 aliphatic heterocycles. The maximum Gasteiger partial charge on any atom is 0.228 e. The van der Waals surface area contributed by atoms with E-state index in [4.69, 9.17) is 11.5 Å². The molecule has 4 N–H and O–H groups in total. The fourth-order valence-electron chi connectivity index (χ4n) is 5.32. The monoisotopic (exact) mass is 558 g/mol. The molecule has 0 radical (unpaired) electrons. The van der Waals surface area contributed by atoms with E-state index in [0.29, 0.717) is 21.2 Å². The number of rotatable bonds is 11. The van der Waals surface area contributed by atoms with Crippen LogP contribution in [-0.2, 0) is 18.7 Å². The largest absolute Gasteiger partial charge is 0.369 e. The first-order valence-corrected chi connectivity index (χ1v) is 16.3. The van der Waals surface area contributed by atoms with Crippen molar-refractivity contribution in [3.63, 3.8) is 0 Å². The Hall–Kier alpha value is -3.72. The number of benzene rings is 4. The lowest BCUT2D eigenvalue weighted by Crippen LogP contribution is -2.44. The highest BCUT2D eigenvalue weighted by Gasteiger charge is 2.47. The minimum atomic E-state index is -3.65. The van der Waals surface area contributed by atoms with Gasteiger partial charge in [0.25, 0.3) is 0 Å². The van der Waals surface area contributed by atoms with E-state index < -0.39 is 43.3 Å². The fourth-order valence-corrected chi connectivity index (χ4v) is 11.9. The average Bonchev–Trinajstić information content (AvgIpc) is 2.97. The topological polar surface area (TPSA) is 120 Å². The van der Waals surface area contributed by atoms with Gasteiger partial charge in [0.2, 0.25) is 11.8 Å². The van der Waals surface area contributed by atoms with Gasteiger partial charge >= 0.3 is 0 Å². The minimum absolute atomic E-state index is 0.0480. The van der Waals surface area contributed by atoms with Gasteiger partial charge in [-0.3, -0.25) is 9.59 Å². The normalized spacial score (nSPS) is 14.2. The van der Waals surface area contributed by atoms with E-state index in [1.165, 1.54) is 0 Å². The summed E-state index contributed by atoms with van der Waals surface area (Å²) in [4.78, 5) is 26.2. The summed E-state index contributed by atoms with van der Waals surface area (Å²) in [6, 6.07) is 35.1. The molecule has 0 heterocycles. The van der Waals surface area contributed by atoms with E-state index in [0.717, 1.165) is 0 Å². The molecule has 0 saturated heterocycles. The Balaban J connectivity index is 1.86. The molecule has 2 amide bonds. The van der Waals surface area contributed by atoms with Gasteiger partial charge in [-0.1, -0.05) is 128 Å². The van der Waals surface area contributed by atoms with Crippen LogP contribution in [-0.4, -0.2) is 23.1 Å². The lowest BCUT2D eigenvalue weighted by molar-refractivity contribution is -0.120. The zero-order valence-electron chi connectivity index (χ0n) is 21.7. The molecule has 0 saturated carbocycles. The van der Waals surface area contributed by atoms with E-state index in [-0.39, 0.29) is 6.42 Å². The summed E-state index contributed by atoms with van der Waals surface area (Å²) in [7, 11) is -7.27. The standard InChI is InChI=1S/C31H32N2O4P2/c1-23(29(31(33)35)39(37,26-18-10-4-11-19-26)27-20-12-5-13-21-27)22-28(30(32)34)38(36,24-14-6-2-7-15-24)25-16-8-3-9-17-25/h2-21,23,28-29H,22H2,1H3,(H2,32,34)(H2,33,35). The number of carbonyl (C=O) groups excluding carboxylic acids is 2. The molecular formula is C31H32N2O4P2. The number of hydrogen-bond acceptors (Lipinski definition) is 4. The van der Waals surface area contributed by atoms with E-state index in [9.17, 15) is 14.2 Å². The summed E-state index contributed by atoms with van der Waals surface area (Å²) in [6.45, 7) is 1.73. The lowest BCUT2D eigenvalue weighted by atomic mass is 10.0. The average molecular weight is 559 g/mol. The molecule has 0 aliphatic rings. The molecule has 39 heavy (non-hydrogen) atoms. The Bertz CT molecular complexity index is 1430. The molecule has 0 aromatic heterocycles. The van der Waals surface area contributed by atoms with Crippen molar-refractivity contribution in [2.24, 2.45) is 17.4 Å². The van der Waals surface area contributed by atoms with Crippen LogP contribution in [0, 0.1) is 5.92 Å². The second-order valence-corrected chi connectivity index (χ2v) is 15.5. The third-order valence-electron chi connectivity index (χ3n) is 7.14. The van der Waals surface area contributed by atoms with Crippen LogP contribution < -0.4 is 32.7 Å². The van der Waals surface area contributed by atoms with E-state index >= 15 is 4.57 Å². The van der Waals surface area contributed by atoms with Crippen LogP contribution in [0.3, 0.4) is 0 Å². The Labute approximate surface area is 229 Å². The van der Waals surface area contributed by atoms with Crippen molar-refractivity contribution >= 4 is 47.3 Å². The van der Waals surface area contributed by atoms with Gasteiger partial charge < -0.3 is 20.6 Å². The van der Waals surface area contributed by atoms with Crippen molar-refractivity contribution in [3.05, 3.63) is 121 Å². The van der Waals surface area contributed by atoms with Crippen LogP contribution in [0.4, 0.5) is 0 Å². The molecule has 0 spiro atoms. The molecule has 200 valence electrons. The number of hydrogen-bond donors (Lipinski definition) is 2. The van der Waals surface area contributed by atoms with Crippen molar-refractivity contribution in [1.82, 2.24) is 0 Å². The van der Waals surface area contributed by atoms with Crippen LogP contribution in [0.2, 0.25) is 0 Å². The maximum absolute atomic E-state index is 15.1.